The van der Waals surface area contributed by atoms with Gasteiger partial charge in [0.1, 0.15) is 0 Å². The highest BCUT2D eigenvalue weighted by molar-refractivity contribution is 5.74. The van der Waals surface area contributed by atoms with Gasteiger partial charge in [-0.05, 0) is 20.3 Å². The Balaban J connectivity index is 4.43. The summed E-state index contributed by atoms with van der Waals surface area (Å²) in [6.45, 7) is 3.26. The lowest BCUT2D eigenvalue weighted by Crippen LogP contribution is -2.46. The monoisotopic (exact) mass is 298 g/mol. The molecular formula is C12H21F3N2O3. The van der Waals surface area contributed by atoms with Gasteiger partial charge < -0.3 is 14.9 Å². The highest BCUT2D eigenvalue weighted by Crippen LogP contribution is 2.20. The zero-order chi connectivity index (χ0) is 15.9. The van der Waals surface area contributed by atoms with Crippen LogP contribution in [0.4, 0.5) is 18.0 Å². The summed E-state index contributed by atoms with van der Waals surface area (Å²) >= 11 is 0. The summed E-state index contributed by atoms with van der Waals surface area (Å²) in [5.41, 5.74) is 0. The number of hydrogen-bond donors (Lipinski definition) is 1. The van der Waals surface area contributed by atoms with Crippen LogP contribution in [0, 0.1) is 0 Å². The van der Waals surface area contributed by atoms with Gasteiger partial charge in [-0.1, -0.05) is 0 Å². The number of urea groups is 1. The second-order valence-corrected chi connectivity index (χ2v) is 4.85. The van der Waals surface area contributed by atoms with Gasteiger partial charge in [0.05, 0.1) is 6.42 Å². The van der Waals surface area contributed by atoms with Crippen LogP contribution in [0.25, 0.3) is 0 Å². The zero-order valence-corrected chi connectivity index (χ0v) is 11.9. The quantitative estimate of drug-likeness (QED) is 0.786. The molecule has 118 valence electrons. The zero-order valence-electron chi connectivity index (χ0n) is 11.9. The van der Waals surface area contributed by atoms with Crippen LogP contribution in [0.3, 0.4) is 0 Å². The summed E-state index contributed by atoms with van der Waals surface area (Å²) in [5.74, 6) is -0.966. The molecule has 8 heteroatoms. The molecule has 2 amide bonds. The smallest absolute Gasteiger partial charge is 0.390 e. The number of hydrogen-bond acceptors (Lipinski definition) is 2. The Morgan fingerprint density at radius 2 is 1.75 bits per heavy atom. The normalized spacial score (nSPS) is 11.6. The number of alkyl halides is 3. The van der Waals surface area contributed by atoms with Crippen molar-refractivity contribution in [2.75, 3.05) is 20.1 Å². The molecule has 0 aliphatic rings. The number of halogens is 3. The molecule has 0 aromatic heterocycles. The third-order valence-electron chi connectivity index (χ3n) is 2.72. The van der Waals surface area contributed by atoms with E-state index in [-0.39, 0.29) is 25.4 Å². The lowest BCUT2D eigenvalue weighted by atomic mass is 10.2. The summed E-state index contributed by atoms with van der Waals surface area (Å²) in [7, 11) is 1.31. The van der Waals surface area contributed by atoms with Gasteiger partial charge >= 0.3 is 18.2 Å². The second kappa shape index (κ2) is 7.96. The fourth-order valence-electron chi connectivity index (χ4n) is 1.58. The molecule has 0 rings (SSSR count). The molecule has 0 aromatic carbocycles. The Morgan fingerprint density at radius 1 is 1.20 bits per heavy atom. The van der Waals surface area contributed by atoms with Crippen LogP contribution in [0.1, 0.15) is 33.1 Å². The van der Waals surface area contributed by atoms with Crippen molar-refractivity contribution < 1.29 is 27.9 Å². The van der Waals surface area contributed by atoms with E-state index in [2.05, 4.69) is 0 Å². The fraction of sp³-hybridized carbons (Fsp3) is 0.833. The van der Waals surface area contributed by atoms with Crippen molar-refractivity contribution in [3.05, 3.63) is 0 Å². The Bertz CT molecular complexity index is 332. The minimum atomic E-state index is -4.31. The highest BCUT2D eigenvalue weighted by Gasteiger charge is 2.29. The van der Waals surface area contributed by atoms with E-state index < -0.39 is 31.1 Å². The topological polar surface area (TPSA) is 60.9 Å². The molecule has 1 N–H and O–H groups in total. The van der Waals surface area contributed by atoms with Crippen LogP contribution in [-0.4, -0.2) is 59.3 Å². The molecular weight excluding hydrogens is 277 g/mol. The van der Waals surface area contributed by atoms with Crippen LogP contribution in [0.5, 0.6) is 0 Å². The SMILES string of the molecule is CC(C)N(CCCC(=O)O)C(=O)N(C)CCC(F)(F)F. The Morgan fingerprint density at radius 3 is 2.15 bits per heavy atom. The summed E-state index contributed by atoms with van der Waals surface area (Å²) in [4.78, 5) is 24.8. The van der Waals surface area contributed by atoms with Gasteiger partial charge in [-0.2, -0.15) is 13.2 Å². The van der Waals surface area contributed by atoms with E-state index in [1.807, 2.05) is 0 Å². The Kier molecular flexibility index (Phi) is 7.38. The Hall–Kier alpha value is -1.47. The van der Waals surface area contributed by atoms with E-state index in [1.165, 1.54) is 11.9 Å². The van der Waals surface area contributed by atoms with Gasteiger partial charge in [-0.3, -0.25) is 4.79 Å². The van der Waals surface area contributed by atoms with Crippen molar-refractivity contribution in [3.63, 3.8) is 0 Å². The molecule has 0 atom stereocenters. The molecule has 0 unspecified atom stereocenters. The van der Waals surface area contributed by atoms with Crippen molar-refractivity contribution in [2.24, 2.45) is 0 Å². The number of rotatable bonds is 7. The second-order valence-electron chi connectivity index (χ2n) is 4.85. The van der Waals surface area contributed by atoms with Gasteiger partial charge in [0, 0.05) is 32.6 Å². The maximum atomic E-state index is 12.1. The van der Waals surface area contributed by atoms with E-state index in [9.17, 15) is 22.8 Å². The standard InChI is InChI=1S/C12H21F3N2O3/c1-9(2)17(7-4-5-10(18)19)11(20)16(3)8-6-12(13,14)15/h9H,4-8H2,1-3H3,(H,18,19). The third kappa shape index (κ3) is 7.85. The molecule has 0 fully saturated rings. The first-order valence-electron chi connectivity index (χ1n) is 6.35. The van der Waals surface area contributed by atoms with Crippen LogP contribution in [0.2, 0.25) is 0 Å². The summed E-state index contributed by atoms with van der Waals surface area (Å²) < 4.78 is 36.3. The van der Waals surface area contributed by atoms with Crippen molar-refractivity contribution in [3.8, 4) is 0 Å². The van der Waals surface area contributed by atoms with Crippen molar-refractivity contribution in [1.82, 2.24) is 9.80 Å². The lowest BCUT2D eigenvalue weighted by Gasteiger charge is -2.31. The molecule has 0 aliphatic carbocycles. The largest absolute Gasteiger partial charge is 0.481 e. The van der Waals surface area contributed by atoms with E-state index in [1.54, 1.807) is 13.8 Å². The molecule has 0 aromatic rings. The lowest BCUT2D eigenvalue weighted by molar-refractivity contribution is -0.138. The first-order chi connectivity index (χ1) is 9.04. The minimum absolute atomic E-state index is 0.0806. The first kappa shape index (κ1) is 18.5. The maximum Gasteiger partial charge on any atom is 0.390 e. The molecule has 5 nitrogen and oxygen atoms in total. The predicted octanol–water partition coefficient (Wildman–Crippen LogP) is 2.57. The number of carboxylic acids is 1. The fourth-order valence-corrected chi connectivity index (χ4v) is 1.58. The summed E-state index contributed by atoms with van der Waals surface area (Å²) in [6, 6.07) is -0.723. The molecule has 0 saturated heterocycles. The summed E-state index contributed by atoms with van der Waals surface area (Å²) in [5, 5.41) is 8.55. The molecule has 0 heterocycles. The van der Waals surface area contributed by atoms with Gasteiger partial charge in [-0.25, -0.2) is 4.79 Å². The number of amides is 2. The van der Waals surface area contributed by atoms with Crippen LogP contribution in [-0.2, 0) is 4.79 Å². The van der Waals surface area contributed by atoms with Gasteiger partial charge in [-0.15, -0.1) is 0 Å². The highest BCUT2D eigenvalue weighted by atomic mass is 19.4. The average molecular weight is 298 g/mol. The van der Waals surface area contributed by atoms with E-state index in [0.29, 0.717) is 0 Å². The minimum Gasteiger partial charge on any atom is -0.481 e. The van der Waals surface area contributed by atoms with Crippen molar-refractivity contribution >= 4 is 12.0 Å². The van der Waals surface area contributed by atoms with Gasteiger partial charge in [0.25, 0.3) is 0 Å². The van der Waals surface area contributed by atoms with Gasteiger partial charge in [0.15, 0.2) is 0 Å². The molecule has 0 spiro atoms. The summed E-state index contributed by atoms with van der Waals surface area (Å²) in [6.07, 6.45) is -5.17. The first-order valence-corrected chi connectivity index (χ1v) is 6.35. The van der Waals surface area contributed by atoms with E-state index >= 15 is 0 Å². The number of aliphatic carboxylic acids is 1. The number of nitrogens with zero attached hydrogens (tertiary/aromatic N) is 2. The molecule has 0 aliphatic heterocycles. The molecule has 20 heavy (non-hydrogen) atoms. The average Bonchev–Trinajstić information content (AvgIpc) is 2.29. The molecule has 0 radical (unpaired) electrons. The molecule has 0 bridgehead atoms. The van der Waals surface area contributed by atoms with Crippen molar-refractivity contribution in [1.29, 1.82) is 0 Å². The number of carboxylic acid groups (broad SMARTS) is 1. The van der Waals surface area contributed by atoms with Crippen LogP contribution >= 0.6 is 0 Å². The van der Waals surface area contributed by atoms with Crippen LogP contribution < -0.4 is 0 Å². The number of carbonyl (C=O) groups excluding carboxylic acids is 1. The number of carbonyl (C=O) groups is 2. The maximum absolute atomic E-state index is 12.1. The predicted molar refractivity (Wildman–Crippen MR) is 67.4 cm³/mol. The van der Waals surface area contributed by atoms with Gasteiger partial charge in [0.2, 0.25) is 0 Å². The van der Waals surface area contributed by atoms with E-state index in [0.717, 1.165) is 4.90 Å². The van der Waals surface area contributed by atoms with Crippen LogP contribution in [0.15, 0.2) is 0 Å². The van der Waals surface area contributed by atoms with E-state index in [4.69, 9.17) is 5.11 Å². The molecule has 0 saturated carbocycles. The van der Waals surface area contributed by atoms with Crippen molar-refractivity contribution in [2.45, 2.75) is 45.3 Å². The Labute approximate surface area is 116 Å². The third-order valence-corrected chi connectivity index (χ3v) is 2.72.